The van der Waals surface area contributed by atoms with E-state index in [2.05, 4.69) is 55.7 Å². The van der Waals surface area contributed by atoms with Crippen LogP contribution in [0.4, 0.5) is 5.69 Å². The first kappa shape index (κ1) is 13.6. The summed E-state index contributed by atoms with van der Waals surface area (Å²) in [5.74, 6) is 0. The first-order valence-corrected chi connectivity index (χ1v) is 6.74. The molecule has 0 aliphatic rings. The summed E-state index contributed by atoms with van der Waals surface area (Å²) in [7, 11) is 0. The fraction of sp³-hybridized carbons (Fsp3) is 0.294. The topological polar surface area (TPSA) is 29.3 Å². The first-order valence-electron chi connectivity index (χ1n) is 6.74. The number of nitrogen functional groups attached to an aromatic ring is 1. The van der Waals surface area contributed by atoms with Crippen LogP contribution in [0.15, 0.2) is 49.1 Å². The third-order valence-electron chi connectivity index (χ3n) is 3.47. The van der Waals surface area contributed by atoms with E-state index in [9.17, 15) is 0 Å². The Morgan fingerprint density at radius 1 is 1.21 bits per heavy atom. The second-order valence-corrected chi connectivity index (χ2v) is 5.21. The Bertz CT molecular complexity index is 572. The lowest BCUT2D eigenvalue weighted by atomic mass is 10.0. The molecule has 0 aliphatic carbocycles. The van der Waals surface area contributed by atoms with E-state index >= 15 is 0 Å². The maximum atomic E-state index is 6.18. The van der Waals surface area contributed by atoms with Crippen LogP contribution in [0.3, 0.4) is 0 Å². The second-order valence-electron chi connectivity index (χ2n) is 5.21. The first-order chi connectivity index (χ1) is 9.11. The highest BCUT2D eigenvalue weighted by molar-refractivity contribution is 5.86. The number of nitrogens with two attached hydrogens (primary N) is 1. The number of hydrogen-bond donors (Lipinski definition) is 1. The van der Waals surface area contributed by atoms with Gasteiger partial charge in [0.1, 0.15) is 0 Å². The highest BCUT2D eigenvalue weighted by Crippen LogP contribution is 2.23. The predicted molar refractivity (Wildman–Crippen MR) is 84.1 cm³/mol. The Kier molecular flexibility index (Phi) is 4.23. The summed E-state index contributed by atoms with van der Waals surface area (Å²) in [6.45, 7) is 9.95. The lowest BCUT2D eigenvalue weighted by Gasteiger charge is -2.25. The van der Waals surface area contributed by atoms with E-state index in [1.54, 1.807) is 0 Å². The fourth-order valence-electron chi connectivity index (χ4n) is 2.28. The largest absolute Gasteiger partial charge is 0.398 e. The molecule has 2 heteroatoms. The Morgan fingerprint density at radius 2 is 1.84 bits per heavy atom. The van der Waals surface area contributed by atoms with Gasteiger partial charge in [0.25, 0.3) is 0 Å². The molecule has 0 spiro atoms. The lowest BCUT2D eigenvalue weighted by Crippen LogP contribution is -2.30. The van der Waals surface area contributed by atoms with Crippen LogP contribution in [-0.2, 0) is 6.54 Å². The highest BCUT2D eigenvalue weighted by atomic mass is 15.1. The molecule has 0 fully saturated rings. The van der Waals surface area contributed by atoms with Crippen LogP contribution in [-0.4, -0.2) is 17.5 Å². The van der Waals surface area contributed by atoms with Crippen molar-refractivity contribution in [3.63, 3.8) is 0 Å². The van der Waals surface area contributed by atoms with Gasteiger partial charge < -0.3 is 5.73 Å². The molecular formula is C17H22N2. The van der Waals surface area contributed by atoms with Gasteiger partial charge in [0.2, 0.25) is 0 Å². The molecule has 0 aromatic heterocycles. The van der Waals surface area contributed by atoms with E-state index in [4.69, 9.17) is 5.73 Å². The zero-order chi connectivity index (χ0) is 13.8. The van der Waals surface area contributed by atoms with E-state index < -0.39 is 0 Å². The highest BCUT2D eigenvalue weighted by Gasteiger charge is 2.11. The summed E-state index contributed by atoms with van der Waals surface area (Å²) in [5, 5.41) is 2.44. The quantitative estimate of drug-likeness (QED) is 0.649. The molecule has 0 amide bonds. The van der Waals surface area contributed by atoms with Crippen molar-refractivity contribution in [3.05, 3.63) is 54.6 Å². The number of anilines is 1. The van der Waals surface area contributed by atoms with Gasteiger partial charge in [-0.1, -0.05) is 30.3 Å². The smallest absolute Gasteiger partial charge is 0.0366 e. The van der Waals surface area contributed by atoms with Gasteiger partial charge in [-0.2, -0.15) is 0 Å². The Balaban J connectivity index is 2.33. The predicted octanol–water partition coefficient (Wildman–Crippen LogP) is 3.82. The van der Waals surface area contributed by atoms with Crippen LogP contribution in [0.25, 0.3) is 10.8 Å². The molecule has 2 N–H and O–H groups in total. The van der Waals surface area contributed by atoms with Crippen LogP contribution in [0.5, 0.6) is 0 Å². The van der Waals surface area contributed by atoms with Gasteiger partial charge >= 0.3 is 0 Å². The minimum atomic E-state index is 0.476. The summed E-state index contributed by atoms with van der Waals surface area (Å²) < 4.78 is 0. The lowest BCUT2D eigenvalue weighted by molar-refractivity contribution is 0.238. The molecule has 100 valence electrons. The van der Waals surface area contributed by atoms with E-state index in [-0.39, 0.29) is 0 Å². The van der Waals surface area contributed by atoms with E-state index in [1.807, 2.05) is 12.1 Å². The molecule has 2 nitrogen and oxygen atoms in total. The van der Waals surface area contributed by atoms with Crippen molar-refractivity contribution in [1.29, 1.82) is 0 Å². The molecule has 0 radical (unpaired) electrons. The van der Waals surface area contributed by atoms with Crippen molar-refractivity contribution in [2.75, 3.05) is 12.3 Å². The van der Waals surface area contributed by atoms with Gasteiger partial charge in [-0.25, -0.2) is 0 Å². The third kappa shape index (κ3) is 3.15. The van der Waals surface area contributed by atoms with Crippen LogP contribution in [0.2, 0.25) is 0 Å². The number of fused-ring (bicyclic) bond motifs is 1. The number of benzene rings is 2. The van der Waals surface area contributed by atoms with Gasteiger partial charge in [0, 0.05) is 24.8 Å². The molecule has 0 heterocycles. The van der Waals surface area contributed by atoms with Gasteiger partial charge in [-0.15, -0.1) is 6.58 Å². The molecule has 0 saturated heterocycles. The summed E-state index contributed by atoms with van der Waals surface area (Å²) >= 11 is 0. The zero-order valence-corrected chi connectivity index (χ0v) is 11.8. The van der Waals surface area contributed by atoms with Crippen LogP contribution < -0.4 is 5.73 Å². The maximum absolute atomic E-state index is 6.18. The zero-order valence-electron chi connectivity index (χ0n) is 11.8. The molecule has 2 aromatic carbocycles. The van der Waals surface area contributed by atoms with Crippen molar-refractivity contribution in [2.45, 2.75) is 26.4 Å². The number of hydrogen-bond acceptors (Lipinski definition) is 2. The minimum Gasteiger partial charge on any atom is -0.398 e. The second kappa shape index (κ2) is 5.89. The molecule has 0 aliphatic heterocycles. The summed E-state index contributed by atoms with van der Waals surface area (Å²) in [5.41, 5.74) is 8.24. The van der Waals surface area contributed by atoms with Gasteiger partial charge in [-0.3, -0.25) is 4.90 Å². The minimum absolute atomic E-state index is 0.476. The molecule has 0 unspecified atom stereocenters. The van der Waals surface area contributed by atoms with Crippen molar-refractivity contribution in [1.82, 2.24) is 4.90 Å². The van der Waals surface area contributed by atoms with Crippen LogP contribution >= 0.6 is 0 Å². The molecule has 2 aromatic rings. The monoisotopic (exact) mass is 254 g/mol. The average molecular weight is 254 g/mol. The molecular weight excluding hydrogens is 232 g/mol. The summed E-state index contributed by atoms with van der Waals surface area (Å²) in [6, 6.07) is 13.1. The molecule has 0 atom stereocenters. The van der Waals surface area contributed by atoms with E-state index in [0.29, 0.717) is 6.04 Å². The molecule has 0 bridgehead atoms. The number of rotatable bonds is 5. The summed E-state index contributed by atoms with van der Waals surface area (Å²) in [4.78, 5) is 2.35. The molecule has 2 rings (SSSR count). The maximum Gasteiger partial charge on any atom is 0.0366 e. The van der Waals surface area contributed by atoms with Gasteiger partial charge in [0.05, 0.1) is 0 Å². The fourth-order valence-corrected chi connectivity index (χ4v) is 2.28. The van der Waals surface area contributed by atoms with Crippen LogP contribution in [0, 0.1) is 0 Å². The van der Waals surface area contributed by atoms with Gasteiger partial charge in [-0.05, 0) is 42.3 Å². The Morgan fingerprint density at radius 3 is 2.42 bits per heavy atom. The standard InChI is InChI=1S/C17H22N2/c1-4-9-19(13(2)3)12-16-10-14-7-5-6-8-15(14)11-17(16)18/h4-8,10-11,13H,1,9,12,18H2,2-3H3. The van der Waals surface area contributed by atoms with Crippen molar-refractivity contribution >= 4 is 16.5 Å². The normalized spacial score (nSPS) is 11.4. The van der Waals surface area contributed by atoms with Crippen LogP contribution in [0.1, 0.15) is 19.4 Å². The average Bonchev–Trinajstić information content (AvgIpc) is 2.38. The SMILES string of the molecule is C=CCN(Cc1cc2ccccc2cc1N)C(C)C. The van der Waals surface area contributed by atoms with Crippen molar-refractivity contribution in [2.24, 2.45) is 0 Å². The van der Waals surface area contributed by atoms with Gasteiger partial charge in [0.15, 0.2) is 0 Å². The Hall–Kier alpha value is -1.80. The molecule has 0 saturated carbocycles. The Labute approximate surface area is 115 Å². The van der Waals surface area contributed by atoms with Crippen molar-refractivity contribution < 1.29 is 0 Å². The third-order valence-corrected chi connectivity index (χ3v) is 3.47. The summed E-state index contributed by atoms with van der Waals surface area (Å²) in [6.07, 6.45) is 1.94. The van der Waals surface area contributed by atoms with E-state index in [1.165, 1.54) is 16.3 Å². The van der Waals surface area contributed by atoms with E-state index in [0.717, 1.165) is 18.8 Å². The number of nitrogens with zero attached hydrogens (tertiary/aromatic N) is 1. The van der Waals surface area contributed by atoms with Crippen molar-refractivity contribution in [3.8, 4) is 0 Å². The molecule has 19 heavy (non-hydrogen) atoms.